The van der Waals surface area contributed by atoms with Gasteiger partial charge >= 0.3 is 0 Å². The van der Waals surface area contributed by atoms with E-state index in [0.29, 0.717) is 12.1 Å². The summed E-state index contributed by atoms with van der Waals surface area (Å²) in [6, 6.07) is 1.12. The first-order chi connectivity index (χ1) is 8.58. The number of likely N-dealkylation sites (tertiary alicyclic amines) is 1. The molecule has 2 unspecified atom stereocenters. The van der Waals surface area contributed by atoms with Gasteiger partial charge in [-0.05, 0) is 40.2 Å². The third-order valence-corrected chi connectivity index (χ3v) is 3.78. The molecule has 4 heteroatoms. The molecule has 0 aliphatic carbocycles. The number of rotatable bonds is 4. The molecule has 2 N–H and O–H groups in total. The van der Waals surface area contributed by atoms with E-state index >= 15 is 0 Å². The Morgan fingerprint density at radius 2 is 2.22 bits per heavy atom. The minimum absolute atomic E-state index is 0.0462. The van der Waals surface area contributed by atoms with Crippen LogP contribution >= 0.6 is 0 Å². The first-order valence-corrected chi connectivity index (χ1v) is 7.03. The number of hydrogen-bond acceptors (Lipinski definition) is 4. The Morgan fingerprint density at radius 1 is 1.44 bits per heavy atom. The summed E-state index contributed by atoms with van der Waals surface area (Å²) in [5, 5.41) is 0. The zero-order valence-electron chi connectivity index (χ0n) is 11.7. The highest BCUT2D eigenvalue weighted by Crippen LogP contribution is 2.23. The number of nitrogens with two attached hydrogens (primary N) is 1. The maximum atomic E-state index is 5.80. The molecule has 18 heavy (non-hydrogen) atoms. The molecule has 0 saturated carbocycles. The standard InChI is InChI=1S/C14H25N3O/c1-10(2)17-7-5-4-6-12(17)8-14-16-13(9-18-14)11(3)15/h9-12H,4-8,15H2,1-3H3. The molecule has 2 heterocycles. The van der Waals surface area contributed by atoms with Gasteiger partial charge in [-0.2, -0.15) is 0 Å². The summed E-state index contributed by atoms with van der Waals surface area (Å²) in [6.45, 7) is 7.66. The zero-order valence-corrected chi connectivity index (χ0v) is 11.7. The van der Waals surface area contributed by atoms with Gasteiger partial charge in [0.25, 0.3) is 0 Å². The molecule has 0 amide bonds. The van der Waals surface area contributed by atoms with Gasteiger partial charge in [-0.1, -0.05) is 6.42 Å². The van der Waals surface area contributed by atoms with Crippen LogP contribution in [0.4, 0.5) is 0 Å². The molecule has 0 bridgehead atoms. The van der Waals surface area contributed by atoms with E-state index in [-0.39, 0.29) is 6.04 Å². The maximum Gasteiger partial charge on any atom is 0.195 e. The van der Waals surface area contributed by atoms with Crippen molar-refractivity contribution in [1.82, 2.24) is 9.88 Å². The lowest BCUT2D eigenvalue weighted by Crippen LogP contribution is -2.45. The third-order valence-electron chi connectivity index (χ3n) is 3.78. The number of oxazole rings is 1. The minimum atomic E-state index is -0.0462. The second-order valence-corrected chi connectivity index (χ2v) is 5.64. The Morgan fingerprint density at radius 3 is 2.83 bits per heavy atom. The van der Waals surface area contributed by atoms with E-state index in [9.17, 15) is 0 Å². The van der Waals surface area contributed by atoms with Crippen LogP contribution < -0.4 is 5.73 Å². The first-order valence-electron chi connectivity index (χ1n) is 7.03. The SMILES string of the molecule is CC(N)c1coc(CC2CCCCN2C(C)C)n1. The molecule has 0 spiro atoms. The van der Waals surface area contributed by atoms with Crippen molar-refractivity contribution in [2.45, 2.75) is 64.6 Å². The van der Waals surface area contributed by atoms with Crippen molar-refractivity contribution in [3.05, 3.63) is 17.8 Å². The van der Waals surface area contributed by atoms with E-state index in [4.69, 9.17) is 10.2 Å². The molecule has 1 saturated heterocycles. The van der Waals surface area contributed by atoms with Gasteiger partial charge in [-0.15, -0.1) is 0 Å². The van der Waals surface area contributed by atoms with Gasteiger partial charge in [0.05, 0.1) is 5.69 Å². The van der Waals surface area contributed by atoms with Crippen molar-refractivity contribution in [2.24, 2.45) is 5.73 Å². The molecule has 4 nitrogen and oxygen atoms in total. The lowest BCUT2D eigenvalue weighted by Gasteiger charge is -2.38. The highest BCUT2D eigenvalue weighted by atomic mass is 16.3. The van der Waals surface area contributed by atoms with Crippen LogP contribution in [0.3, 0.4) is 0 Å². The Hall–Kier alpha value is -0.870. The zero-order chi connectivity index (χ0) is 13.1. The van der Waals surface area contributed by atoms with Crippen molar-refractivity contribution >= 4 is 0 Å². The van der Waals surface area contributed by atoms with Crippen LogP contribution in [0.1, 0.15) is 57.7 Å². The van der Waals surface area contributed by atoms with Gasteiger partial charge in [0.1, 0.15) is 6.26 Å². The van der Waals surface area contributed by atoms with Crippen LogP contribution in [-0.4, -0.2) is 28.5 Å². The van der Waals surface area contributed by atoms with E-state index in [1.54, 1.807) is 6.26 Å². The predicted molar refractivity (Wildman–Crippen MR) is 72.3 cm³/mol. The summed E-state index contributed by atoms with van der Waals surface area (Å²) >= 11 is 0. The molecule has 1 aromatic rings. The Balaban J connectivity index is 2.01. The fourth-order valence-electron chi connectivity index (χ4n) is 2.75. The molecule has 102 valence electrons. The lowest BCUT2D eigenvalue weighted by atomic mass is 9.98. The number of aromatic nitrogens is 1. The summed E-state index contributed by atoms with van der Waals surface area (Å²) in [6.07, 6.45) is 6.47. The molecule has 2 rings (SSSR count). The highest BCUT2D eigenvalue weighted by molar-refractivity contribution is 5.02. The van der Waals surface area contributed by atoms with E-state index in [2.05, 4.69) is 23.7 Å². The summed E-state index contributed by atoms with van der Waals surface area (Å²) in [5.41, 5.74) is 6.66. The van der Waals surface area contributed by atoms with Crippen LogP contribution in [-0.2, 0) is 6.42 Å². The molecular formula is C14H25N3O. The number of nitrogens with zero attached hydrogens (tertiary/aromatic N) is 2. The average molecular weight is 251 g/mol. The highest BCUT2D eigenvalue weighted by Gasteiger charge is 2.26. The monoisotopic (exact) mass is 251 g/mol. The Labute approximate surface area is 110 Å². The van der Waals surface area contributed by atoms with Crippen LogP contribution in [0.25, 0.3) is 0 Å². The lowest BCUT2D eigenvalue weighted by molar-refractivity contribution is 0.107. The minimum Gasteiger partial charge on any atom is -0.449 e. The summed E-state index contributed by atoms with van der Waals surface area (Å²) in [7, 11) is 0. The van der Waals surface area contributed by atoms with Gasteiger partial charge < -0.3 is 10.2 Å². The predicted octanol–water partition coefficient (Wildman–Crippen LogP) is 2.50. The third kappa shape index (κ3) is 3.12. The molecule has 1 fully saturated rings. The van der Waals surface area contributed by atoms with E-state index in [0.717, 1.165) is 18.0 Å². The fourth-order valence-corrected chi connectivity index (χ4v) is 2.75. The topological polar surface area (TPSA) is 55.3 Å². The Bertz CT molecular complexity index is 373. The second-order valence-electron chi connectivity index (χ2n) is 5.64. The van der Waals surface area contributed by atoms with Crippen LogP contribution in [0, 0.1) is 0 Å². The van der Waals surface area contributed by atoms with Gasteiger partial charge in [0.15, 0.2) is 5.89 Å². The average Bonchev–Trinajstić information content (AvgIpc) is 2.78. The van der Waals surface area contributed by atoms with Crippen molar-refractivity contribution in [2.75, 3.05) is 6.54 Å². The molecule has 2 atom stereocenters. The maximum absolute atomic E-state index is 5.80. The van der Waals surface area contributed by atoms with E-state index in [1.165, 1.54) is 25.8 Å². The second kappa shape index (κ2) is 5.85. The fraction of sp³-hybridized carbons (Fsp3) is 0.786. The van der Waals surface area contributed by atoms with Crippen LogP contribution in [0.5, 0.6) is 0 Å². The number of hydrogen-bond donors (Lipinski definition) is 1. The molecule has 1 aromatic heterocycles. The van der Waals surface area contributed by atoms with Crippen LogP contribution in [0.2, 0.25) is 0 Å². The first kappa shape index (κ1) is 13.6. The largest absolute Gasteiger partial charge is 0.449 e. The quantitative estimate of drug-likeness (QED) is 0.893. The summed E-state index contributed by atoms with van der Waals surface area (Å²) in [5.74, 6) is 0.833. The normalized spacial score (nSPS) is 23.5. The summed E-state index contributed by atoms with van der Waals surface area (Å²) in [4.78, 5) is 7.05. The van der Waals surface area contributed by atoms with Gasteiger partial charge in [0, 0.05) is 24.5 Å². The van der Waals surface area contributed by atoms with Gasteiger partial charge in [0.2, 0.25) is 0 Å². The molecular weight excluding hydrogens is 226 g/mol. The molecule has 0 aromatic carbocycles. The van der Waals surface area contributed by atoms with Crippen molar-refractivity contribution < 1.29 is 4.42 Å². The summed E-state index contributed by atoms with van der Waals surface area (Å²) < 4.78 is 5.54. The number of piperidine rings is 1. The van der Waals surface area contributed by atoms with Crippen molar-refractivity contribution in [1.29, 1.82) is 0 Å². The molecule has 0 radical (unpaired) electrons. The molecule has 1 aliphatic rings. The Kier molecular flexibility index (Phi) is 4.40. The van der Waals surface area contributed by atoms with Crippen LogP contribution in [0.15, 0.2) is 10.7 Å². The van der Waals surface area contributed by atoms with Crippen molar-refractivity contribution in [3.8, 4) is 0 Å². The smallest absolute Gasteiger partial charge is 0.195 e. The molecule has 1 aliphatic heterocycles. The van der Waals surface area contributed by atoms with Gasteiger partial charge in [-0.25, -0.2) is 4.98 Å². The van der Waals surface area contributed by atoms with E-state index < -0.39 is 0 Å². The van der Waals surface area contributed by atoms with Crippen molar-refractivity contribution in [3.63, 3.8) is 0 Å². The van der Waals surface area contributed by atoms with Gasteiger partial charge in [-0.3, -0.25) is 4.90 Å². The van der Waals surface area contributed by atoms with E-state index in [1.807, 2.05) is 6.92 Å².